The summed E-state index contributed by atoms with van der Waals surface area (Å²) in [6, 6.07) is 4.00. The van der Waals surface area contributed by atoms with Crippen LogP contribution in [0.1, 0.15) is 38.0 Å². The second-order valence-electron chi connectivity index (χ2n) is 5.27. The average Bonchev–Trinajstić information content (AvgIpc) is 2.47. The number of aromatic nitrogens is 1. The Bertz CT molecular complexity index is 378. The Balaban J connectivity index is 2.01. The monoisotopic (exact) mass is 264 g/mol. The van der Waals surface area contributed by atoms with E-state index >= 15 is 0 Å². The van der Waals surface area contributed by atoms with Crippen LogP contribution in [0.25, 0.3) is 0 Å². The molecule has 4 heteroatoms. The molecule has 0 amide bonds. The van der Waals surface area contributed by atoms with Gasteiger partial charge in [-0.1, -0.05) is 6.92 Å². The highest BCUT2D eigenvalue weighted by Gasteiger charge is 2.20. The number of anilines is 1. The first-order valence-electron chi connectivity index (χ1n) is 7.12. The number of piperidine rings is 1. The third kappa shape index (κ3) is 3.67. The van der Waals surface area contributed by atoms with Gasteiger partial charge in [0.05, 0.1) is 30.3 Å². The van der Waals surface area contributed by atoms with Crippen LogP contribution in [0.2, 0.25) is 0 Å². The molecule has 1 aliphatic heterocycles. The lowest BCUT2D eigenvalue weighted by Crippen LogP contribution is -2.37. The van der Waals surface area contributed by atoms with Gasteiger partial charge in [-0.25, -0.2) is 0 Å². The minimum atomic E-state index is -0.448. The van der Waals surface area contributed by atoms with Gasteiger partial charge in [0.15, 0.2) is 0 Å². The highest BCUT2D eigenvalue weighted by molar-refractivity contribution is 5.45. The predicted molar refractivity (Wildman–Crippen MR) is 76.3 cm³/mol. The van der Waals surface area contributed by atoms with E-state index in [4.69, 9.17) is 4.74 Å². The third-order valence-corrected chi connectivity index (χ3v) is 3.79. The number of hydrogen-bond donors (Lipinski definition) is 1. The Hall–Kier alpha value is -1.13. The van der Waals surface area contributed by atoms with Gasteiger partial charge in [0.1, 0.15) is 0 Å². The Morgan fingerprint density at radius 3 is 3.00 bits per heavy atom. The van der Waals surface area contributed by atoms with Crippen molar-refractivity contribution in [1.29, 1.82) is 0 Å². The summed E-state index contributed by atoms with van der Waals surface area (Å²) in [6.07, 6.45) is 4.57. The second kappa shape index (κ2) is 6.87. The lowest BCUT2D eigenvalue weighted by Gasteiger charge is -2.34. The highest BCUT2D eigenvalue weighted by Crippen LogP contribution is 2.24. The van der Waals surface area contributed by atoms with Crippen molar-refractivity contribution >= 4 is 5.69 Å². The van der Waals surface area contributed by atoms with Crippen molar-refractivity contribution in [3.05, 3.63) is 24.0 Å². The summed E-state index contributed by atoms with van der Waals surface area (Å²) in [5.41, 5.74) is 1.91. The van der Waals surface area contributed by atoms with Crippen molar-refractivity contribution < 1.29 is 9.84 Å². The van der Waals surface area contributed by atoms with Crippen LogP contribution in [0, 0.1) is 5.92 Å². The minimum absolute atomic E-state index is 0.448. The summed E-state index contributed by atoms with van der Waals surface area (Å²) in [6.45, 7) is 4.90. The molecule has 1 N–H and O–H groups in total. The molecule has 0 saturated carbocycles. The largest absolute Gasteiger partial charge is 0.387 e. The fourth-order valence-corrected chi connectivity index (χ4v) is 2.66. The van der Waals surface area contributed by atoms with Crippen LogP contribution in [0.15, 0.2) is 18.3 Å². The maximum absolute atomic E-state index is 9.75. The smallest absolute Gasteiger partial charge is 0.0957 e. The molecule has 0 bridgehead atoms. The molecular formula is C15H24N2O2. The van der Waals surface area contributed by atoms with Crippen LogP contribution in [0.5, 0.6) is 0 Å². The first-order valence-corrected chi connectivity index (χ1v) is 7.12. The molecule has 1 aromatic rings. The van der Waals surface area contributed by atoms with Gasteiger partial charge in [-0.2, -0.15) is 0 Å². The first kappa shape index (κ1) is 14.3. The van der Waals surface area contributed by atoms with Crippen LogP contribution in [-0.2, 0) is 4.74 Å². The van der Waals surface area contributed by atoms with Gasteiger partial charge in [0.25, 0.3) is 0 Å². The van der Waals surface area contributed by atoms with Gasteiger partial charge < -0.3 is 14.7 Å². The summed E-state index contributed by atoms with van der Waals surface area (Å²) >= 11 is 0. The van der Waals surface area contributed by atoms with Crippen LogP contribution in [0.3, 0.4) is 0 Å². The van der Waals surface area contributed by atoms with Crippen LogP contribution < -0.4 is 4.90 Å². The number of methoxy groups -OCH3 is 1. The van der Waals surface area contributed by atoms with Crippen molar-refractivity contribution in [2.45, 2.75) is 32.3 Å². The van der Waals surface area contributed by atoms with Crippen LogP contribution in [0.4, 0.5) is 5.69 Å². The van der Waals surface area contributed by atoms with Gasteiger partial charge in [-0.15, -0.1) is 0 Å². The first-order chi connectivity index (χ1) is 9.24. The molecular weight excluding hydrogens is 240 g/mol. The number of aliphatic hydroxyl groups is 1. The van der Waals surface area contributed by atoms with E-state index in [0.717, 1.165) is 31.1 Å². The Morgan fingerprint density at radius 2 is 2.37 bits per heavy atom. The van der Waals surface area contributed by atoms with Gasteiger partial charge >= 0.3 is 0 Å². The maximum Gasteiger partial charge on any atom is 0.0957 e. The molecule has 19 heavy (non-hydrogen) atoms. The van der Waals surface area contributed by atoms with E-state index in [-0.39, 0.29) is 0 Å². The zero-order valence-electron chi connectivity index (χ0n) is 11.9. The lowest BCUT2D eigenvalue weighted by atomic mass is 9.98. The topological polar surface area (TPSA) is 45.6 Å². The molecule has 0 aromatic carbocycles. The van der Waals surface area contributed by atoms with Crippen molar-refractivity contribution in [2.75, 3.05) is 31.7 Å². The van der Waals surface area contributed by atoms with E-state index in [2.05, 4.69) is 16.0 Å². The van der Waals surface area contributed by atoms with Gasteiger partial charge in [-0.05, 0) is 37.3 Å². The van der Waals surface area contributed by atoms with Crippen molar-refractivity contribution in [1.82, 2.24) is 4.98 Å². The fraction of sp³-hybridized carbons (Fsp3) is 0.667. The zero-order chi connectivity index (χ0) is 13.7. The maximum atomic E-state index is 9.75. The van der Waals surface area contributed by atoms with E-state index in [1.807, 2.05) is 19.2 Å². The molecule has 1 aliphatic rings. The SMILES string of the molecule is CC[C@@H](O)c1ccc(N2CCCC(COC)C2)cn1. The minimum Gasteiger partial charge on any atom is -0.387 e. The number of pyridine rings is 1. The molecule has 2 rings (SSSR count). The van der Waals surface area contributed by atoms with E-state index in [1.54, 1.807) is 7.11 Å². The van der Waals surface area contributed by atoms with Crippen molar-refractivity contribution in [3.8, 4) is 0 Å². The van der Waals surface area contributed by atoms with Gasteiger partial charge in [0, 0.05) is 20.2 Å². The number of nitrogens with zero attached hydrogens (tertiary/aromatic N) is 2. The van der Waals surface area contributed by atoms with Crippen LogP contribution >= 0.6 is 0 Å². The predicted octanol–water partition coefficient (Wildman–Crippen LogP) is 2.39. The third-order valence-electron chi connectivity index (χ3n) is 3.79. The molecule has 1 unspecified atom stereocenters. The molecule has 2 heterocycles. The molecule has 1 saturated heterocycles. The lowest BCUT2D eigenvalue weighted by molar-refractivity contribution is 0.143. The van der Waals surface area contributed by atoms with Gasteiger partial charge in [0.2, 0.25) is 0 Å². The highest BCUT2D eigenvalue weighted by atomic mass is 16.5. The average molecular weight is 264 g/mol. The van der Waals surface area contributed by atoms with E-state index < -0.39 is 6.10 Å². The number of ether oxygens (including phenoxy) is 1. The van der Waals surface area contributed by atoms with E-state index in [9.17, 15) is 5.11 Å². The number of hydrogen-bond acceptors (Lipinski definition) is 4. The van der Waals surface area contributed by atoms with Crippen molar-refractivity contribution in [3.63, 3.8) is 0 Å². The van der Waals surface area contributed by atoms with E-state index in [1.165, 1.54) is 12.8 Å². The molecule has 1 fully saturated rings. The molecule has 0 aliphatic carbocycles. The molecule has 0 radical (unpaired) electrons. The van der Waals surface area contributed by atoms with Gasteiger partial charge in [-0.3, -0.25) is 4.98 Å². The summed E-state index contributed by atoms with van der Waals surface area (Å²) in [5.74, 6) is 0.611. The van der Waals surface area contributed by atoms with Crippen LogP contribution in [-0.4, -0.2) is 36.9 Å². The summed E-state index contributed by atoms with van der Waals surface area (Å²) < 4.78 is 5.26. The summed E-state index contributed by atoms with van der Waals surface area (Å²) in [7, 11) is 1.77. The molecule has 4 nitrogen and oxygen atoms in total. The Kier molecular flexibility index (Phi) is 5.16. The molecule has 1 aromatic heterocycles. The fourth-order valence-electron chi connectivity index (χ4n) is 2.66. The standard InChI is InChI=1S/C15H24N2O2/c1-3-15(18)14-7-6-13(9-16-14)17-8-4-5-12(10-17)11-19-2/h6-7,9,12,15,18H,3-5,8,10-11H2,1-2H3/t12?,15-/m1/s1. The number of aliphatic hydroxyl groups excluding tert-OH is 1. The Morgan fingerprint density at radius 1 is 1.53 bits per heavy atom. The molecule has 0 spiro atoms. The van der Waals surface area contributed by atoms with Crippen molar-refractivity contribution in [2.24, 2.45) is 5.92 Å². The van der Waals surface area contributed by atoms with E-state index in [0.29, 0.717) is 12.3 Å². The summed E-state index contributed by atoms with van der Waals surface area (Å²) in [4.78, 5) is 6.74. The number of rotatable bonds is 5. The summed E-state index contributed by atoms with van der Waals surface area (Å²) in [5, 5.41) is 9.75. The Labute approximate surface area is 115 Å². The zero-order valence-corrected chi connectivity index (χ0v) is 11.9. The molecule has 2 atom stereocenters. The quantitative estimate of drug-likeness (QED) is 0.887. The second-order valence-corrected chi connectivity index (χ2v) is 5.27. The molecule has 106 valence electrons. The normalized spacial score (nSPS) is 21.4.